The lowest BCUT2D eigenvalue weighted by Gasteiger charge is -2.20. The second-order valence-electron chi connectivity index (χ2n) is 7.65. The van der Waals surface area contributed by atoms with Gasteiger partial charge in [0.25, 0.3) is 11.8 Å². The summed E-state index contributed by atoms with van der Waals surface area (Å²) in [4.78, 5) is 46.1. The molecule has 4 rings (SSSR count). The second-order valence-corrected chi connectivity index (χ2v) is 7.65. The number of imidazole rings is 1. The van der Waals surface area contributed by atoms with Crippen LogP contribution in [0.25, 0.3) is 11.3 Å². The maximum absolute atomic E-state index is 12.6. The second kappa shape index (κ2) is 9.10. The molecule has 1 aromatic carbocycles. The van der Waals surface area contributed by atoms with Gasteiger partial charge in [0.05, 0.1) is 13.2 Å². The average molecular weight is 465 g/mol. The van der Waals surface area contributed by atoms with Crippen LogP contribution in [0.3, 0.4) is 0 Å². The van der Waals surface area contributed by atoms with Crippen molar-refractivity contribution in [3.8, 4) is 17.0 Å². The Morgan fingerprint density at radius 3 is 2.59 bits per heavy atom. The number of nitrogens with two attached hydrogens (primary N) is 2. The highest BCUT2D eigenvalue weighted by Gasteiger charge is 2.35. The lowest BCUT2D eigenvalue weighted by atomic mass is 10.1. The number of anilines is 1. The Kier molecular flexibility index (Phi) is 6.04. The number of ether oxygens (including phenoxy) is 1. The number of nitrogen functional groups attached to an aromatic ring is 1. The zero-order valence-electron chi connectivity index (χ0n) is 18.3. The summed E-state index contributed by atoms with van der Waals surface area (Å²) in [5.41, 5.74) is 6.55. The van der Waals surface area contributed by atoms with E-state index in [1.165, 1.54) is 18.2 Å². The summed E-state index contributed by atoms with van der Waals surface area (Å²) in [6, 6.07) is 8.99. The van der Waals surface area contributed by atoms with E-state index in [0.717, 1.165) is 4.68 Å². The maximum Gasteiger partial charge on any atom is 0.407 e. The van der Waals surface area contributed by atoms with Crippen molar-refractivity contribution in [2.75, 3.05) is 24.8 Å². The van der Waals surface area contributed by atoms with Crippen molar-refractivity contribution >= 4 is 23.7 Å². The van der Waals surface area contributed by atoms with Crippen LogP contribution in [-0.2, 0) is 0 Å². The van der Waals surface area contributed by atoms with Crippen LogP contribution in [0.5, 0.6) is 5.75 Å². The summed E-state index contributed by atoms with van der Waals surface area (Å²) < 4.78 is 6.18. The van der Waals surface area contributed by atoms with Crippen molar-refractivity contribution < 1.29 is 24.2 Å². The normalized spacial score (nSPS) is 15.2. The quantitative estimate of drug-likeness (QED) is 0.398. The van der Waals surface area contributed by atoms with Gasteiger partial charge in [0.2, 0.25) is 0 Å². The van der Waals surface area contributed by atoms with E-state index in [-0.39, 0.29) is 17.2 Å². The van der Waals surface area contributed by atoms with Gasteiger partial charge in [-0.15, -0.1) is 0 Å². The highest BCUT2D eigenvalue weighted by atomic mass is 16.5. The van der Waals surface area contributed by atoms with E-state index in [1.54, 1.807) is 36.4 Å². The molecule has 1 atom stereocenters. The molecule has 34 heavy (non-hydrogen) atoms. The maximum atomic E-state index is 12.6. The zero-order chi connectivity index (χ0) is 24.4. The predicted octanol–water partition coefficient (Wildman–Crippen LogP) is 1.83. The lowest BCUT2D eigenvalue weighted by molar-refractivity contribution is 0.0991. The van der Waals surface area contributed by atoms with E-state index in [1.807, 2.05) is 0 Å². The van der Waals surface area contributed by atoms with Crippen LogP contribution in [0.2, 0.25) is 0 Å². The number of carbonyl (C=O) groups excluding carboxylic acids is 2. The Bertz CT molecular complexity index is 1260. The molecular weight excluding hydrogens is 442 g/mol. The summed E-state index contributed by atoms with van der Waals surface area (Å²) in [7, 11) is 1.51. The fourth-order valence-electron chi connectivity index (χ4n) is 3.96. The number of hydrogen-bond donors (Lipinski definition) is 4. The van der Waals surface area contributed by atoms with Crippen molar-refractivity contribution in [1.29, 1.82) is 0 Å². The number of likely N-dealkylation sites (tertiary alicyclic amines) is 1. The number of hydrogen-bond acceptors (Lipinski definition) is 7. The number of methoxy groups -OCH3 is 1. The van der Waals surface area contributed by atoms with Crippen molar-refractivity contribution in [2.24, 2.45) is 5.73 Å². The minimum Gasteiger partial charge on any atom is -0.497 e. The van der Waals surface area contributed by atoms with Gasteiger partial charge in [-0.25, -0.2) is 19.4 Å². The van der Waals surface area contributed by atoms with E-state index >= 15 is 0 Å². The summed E-state index contributed by atoms with van der Waals surface area (Å²) >= 11 is 0. The molecule has 1 fully saturated rings. The zero-order valence-corrected chi connectivity index (χ0v) is 18.3. The molecule has 6 N–H and O–H groups in total. The van der Waals surface area contributed by atoms with Gasteiger partial charge in [0.1, 0.15) is 17.3 Å². The van der Waals surface area contributed by atoms with E-state index in [9.17, 15) is 19.5 Å². The first-order chi connectivity index (χ1) is 16.3. The van der Waals surface area contributed by atoms with E-state index in [0.29, 0.717) is 42.1 Å². The topological polar surface area (TPSA) is 179 Å². The fraction of sp³-hybridized carbons (Fsp3) is 0.227. The van der Waals surface area contributed by atoms with Crippen molar-refractivity contribution in [1.82, 2.24) is 19.5 Å². The smallest absolute Gasteiger partial charge is 0.407 e. The summed E-state index contributed by atoms with van der Waals surface area (Å²) in [6.45, 7) is 0.347. The molecule has 12 nitrogen and oxygen atoms in total. The molecule has 3 amide bonds. The Labute approximate surface area is 194 Å². The average Bonchev–Trinajstić information content (AvgIpc) is 3.44. The summed E-state index contributed by atoms with van der Waals surface area (Å²) in [5.74, 6) is 6.04. The van der Waals surface area contributed by atoms with E-state index in [4.69, 9.17) is 16.3 Å². The number of amides is 3. The first kappa shape index (κ1) is 22.6. The van der Waals surface area contributed by atoms with Crippen LogP contribution in [0, 0.1) is 0 Å². The first-order valence-electron chi connectivity index (χ1n) is 10.4. The van der Waals surface area contributed by atoms with Gasteiger partial charge < -0.3 is 26.7 Å². The molecular formula is C22H23N7O5. The van der Waals surface area contributed by atoms with Gasteiger partial charge in [0.15, 0.2) is 11.5 Å². The minimum atomic E-state index is -1.09. The Morgan fingerprint density at radius 2 is 1.94 bits per heavy atom. The third-order valence-electron chi connectivity index (χ3n) is 5.60. The number of pyridine rings is 1. The number of primary amides is 1. The molecule has 176 valence electrons. The molecule has 12 heteroatoms. The number of carbonyl (C=O) groups is 3. The Hall–Kier alpha value is -4.61. The van der Waals surface area contributed by atoms with Gasteiger partial charge in [-0.3, -0.25) is 14.5 Å². The molecule has 1 saturated heterocycles. The standard InChI is InChI=1S/C22H23N7O5/c1-34-14-8-9-25-16(11-14)26-21(31)13-6-4-12(5-7-13)17-18(19(23)30)29(24)20(27-17)15-3-2-10-28(15)22(32)33/h4-9,11,15H,2-3,10,24H2,1H3,(H2,23,30)(H,32,33)(H,25,26,31)/t15-/m0/s1. The molecule has 1 aliphatic rings. The number of nitrogens with zero attached hydrogens (tertiary/aromatic N) is 4. The van der Waals surface area contributed by atoms with E-state index in [2.05, 4.69) is 15.3 Å². The van der Waals surface area contributed by atoms with Gasteiger partial charge in [-0.1, -0.05) is 12.1 Å². The molecule has 2 aromatic heterocycles. The Balaban J connectivity index is 1.62. The largest absolute Gasteiger partial charge is 0.497 e. The monoisotopic (exact) mass is 465 g/mol. The van der Waals surface area contributed by atoms with Crippen LogP contribution < -0.4 is 21.6 Å². The minimum absolute atomic E-state index is 0.0509. The fourth-order valence-corrected chi connectivity index (χ4v) is 3.96. The molecule has 1 aliphatic heterocycles. The van der Waals surface area contributed by atoms with Crippen molar-refractivity contribution in [2.45, 2.75) is 18.9 Å². The molecule has 0 spiro atoms. The third-order valence-corrected chi connectivity index (χ3v) is 5.60. The van der Waals surface area contributed by atoms with Gasteiger partial charge in [-0.05, 0) is 31.0 Å². The highest BCUT2D eigenvalue weighted by Crippen LogP contribution is 2.34. The molecule has 3 heterocycles. The molecule has 0 radical (unpaired) electrons. The molecule has 0 bridgehead atoms. The number of nitrogens with one attached hydrogen (secondary N) is 1. The molecule has 3 aromatic rings. The van der Waals surface area contributed by atoms with Gasteiger partial charge >= 0.3 is 6.09 Å². The lowest BCUT2D eigenvalue weighted by Crippen LogP contribution is -2.32. The summed E-state index contributed by atoms with van der Waals surface area (Å²) in [5, 5.41) is 12.1. The van der Waals surface area contributed by atoms with Gasteiger partial charge in [0, 0.05) is 29.9 Å². The number of carboxylic acid groups (broad SMARTS) is 1. The molecule has 0 unspecified atom stereocenters. The van der Waals surface area contributed by atoms with Crippen LogP contribution in [0.1, 0.15) is 45.6 Å². The Morgan fingerprint density at radius 1 is 1.21 bits per heavy atom. The van der Waals surface area contributed by atoms with Crippen LogP contribution in [0.4, 0.5) is 10.6 Å². The first-order valence-corrected chi connectivity index (χ1v) is 10.4. The third kappa shape index (κ3) is 4.20. The van der Waals surface area contributed by atoms with Gasteiger partial charge in [-0.2, -0.15) is 0 Å². The predicted molar refractivity (Wildman–Crippen MR) is 122 cm³/mol. The van der Waals surface area contributed by atoms with E-state index < -0.39 is 23.9 Å². The van der Waals surface area contributed by atoms with Crippen LogP contribution >= 0.6 is 0 Å². The summed E-state index contributed by atoms with van der Waals surface area (Å²) in [6.07, 6.45) is 1.60. The van der Waals surface area contributed by atoms with Crippen LogP contribution in [-0.4, -0.2) is 56.2 Å². The van der Waals surface area contributed by atoms with Crippen molar-refractivity contribution in [3.63, 3.8) is 0 Å². The van der Waals surface area contributed by atoms with Crippen LogP contribution in [0.15, 0.2) is 42.6 Å². The molecule has 0 aliphatic carbocycles. The number of aromatic nitrogens is 3. The molecule has 0 saturated carbocycles. The van der Waals surface area contributed by atoms with Crippen molar-refractivity contribution in [3.05, 3.63) is 59.7 Å². The SMILES string of the molecule is COc1ccnc(NC(=O)c2ccc(-c3nc([C@@H]4CCCN4C(=O)O)n(N)c3C(N)=O)cc2)c1. The number of rotatable bonds is 6. The highest BCUT2D eigenvalue weighted by molar-refractivity contribution is 6.04. The number of benzene rings is 1.